The minimum absolute atomic E-state index is 0.100. The lowest BCUT2D eigenvalue weighted by Crippen LogP contribution is -2.42. The Balaban J connectivity index is 1.62. The number of nitrogens with one attached hydrogen (secondary N) is 1. The van der Waals surface area contributed by atoms with Gasteiger partial charge < -0.3 is 15.0 Å². The first-order valence-corrected chi connectivity index (χ1v) is 8.81. The van der Waals surface area contributed by atoms with Gasteiger partial charge in [0.2, 0.25) is 5.91 Å². The first-order chi connectivity index (χ1) is 11.3. The molecule has 5 heteroatoms. The van der Waals surface area contributed by atoms with E-state index in [1.54, 1.807) is 6.20 Å². The Morgan fingerprint density at radius 2 is 2.17 bits per heavy atom. The van der Waals surface area contributed by atoms with Crippen LogP contribution in [0, 0.1) is 5.92 Å². The topological polar surface area (TPSA) is 54.5 Å². The molecule has 0 aromatic carbocycles. The van der Waals surface area contributed by atoms with Gasteiger partial charge in [-0.15, -0.1) is 0 Å². The van der Waals surface area contributed by atoms with Crippen LogP contribution in [0.1, 0.15) is 37.8 Å². The number of nitrogens with zero attached hydrogens (tertiary/aromatic N) is 2. The summed E-state index contributed by atoms with van der Waals surface area (Å²) in [5.41, 5.74) is 0.945. The molecule has 1 N–H and O–H groups in total. The normalized spacial score (nSPS) is 21.7. The summed E-state index contributed by atoms with van der Waals surface area (Å²) in [7, 11) is 0. The second-order valence-electron chi connectivity index (χ2n) is 6.64. The zero-order chi connectivity index (χ0) is 15.9. The van der Waals surface area contributed by atoms with Crippen molar-refractivity contribution in [2.75, 3.05) is 26.3 Å². The lowest BCUT2D eigenvalue weighted by molar-refractivity contribution is -0.139. The maximum atomic E-state index is 12.7. The number of rotatable bonds is 7. The monoisotopic (exact) mass is 317 g/mol. The standard InChI is InChI=1S/C18H27N3O2/c22-18(14-23-13-15-6-7-15)21(12-16-4-1-2-10-20-16)17-5-3-9-19-11-8-17/h1-2,4,10,15,17,19H,3,5-9,11-14H2. The van der Waals surface area contributed by atoms with Gasteiger partial charge in [0.15, 0.2) is 0 Å². The van der Waals surface area contributed by atoms with Gasteiger partial charge in [-0.1, -0.05) is 6.07 Å². The largest absolute Gasteiger partial charge is 0.371 e. The van der Waals surface area contributed by atoms with Gasteiger partial charge in [-0.25, -0.2) is 0 Å². The van der Waals surface area contributed by atoms with Gasteiger partial charge in [0.05, 0.1) is 18.8 Å². The average Bonchev–Trinajstić information content (AvgIpc) is 3.40. The number of pyridine rings is 1. The molecule has 2 aliphatic rings. The third kappa shape index (κ3) is 5.29. The number of amides is 1. The molecular formula is C18H27N3O2. The minimum Gasteiger partial charge on any atom is -0.371 e. The highest BCUT2D eigenvalue weighted by atomic mass is 16.5. The summed E-state index contributed by atoms with van der Waals surface area (Å²) in [6.45, 7) is 3.53. The van der Waals surface area contributed by atoms with Crippen LogP contribution in [0.15, 0.2) is 24.4 Å². The van der Waals surface area contributed by atoms with Crippen molar-refractivity contribution in [3.05, 3.63) is 30.1 Å². The molecule has 1 saturated heterocycles. The van der Waals surface area contributed by atoms with Crippen LogP contribution in [0.2, 0.25) is 0 Å². The minimum atomic E-state index is 0.100. The number of carbonyl (C=O) groups is 1. The van der Waals surface area contributed by atoms with E-state index in [4.69, 9.17) is 4.74 Å². The van der Waals surface area contributed by atoms with Crippen LogP contribution in [0.3, 0.4) is 0 Å². The Labute approximate surface area is 138 Å². The predicted octanol–water partition coefficient (Wildman–Crippen LogP) is 1.98. The molecule has 1 aromatic rings. The number of hydrogen-bond donors (Lipinski definition) is 1. The number of hydrogen-bond acceptors (Lipinski definition) is 4. The Bertz CT molecular complexity index is 482. The third-order valence-electron chi connectivity index (χ3n) is 4.64. The molecule has 0 bridgehead atoms. The highest BCUT2D eigenvalue weighted by molar-refractivity contribution is 5.77. The van der Waals surface area contributed by atoms with Crippen LogP contribution in [0.5, 0.6) is 0 Å². The summed E-state index contributed by atoms with van der Waals surface area (Å²) in [6.07, 6.45) is 7.45. The van der Waals surface area contributed by atoms with E-state index in [-0.39, 0.29) is 18.6 Å². The number of carbonyl (C=O) groups excluding carboxylic acids is 1. The molecule has 1 amide bonds. The summed E-state index contributed by atoms with van der Waals surface area (Å²) < 4.78 is 5.63. The van der Waals surface area contributed by atoms with E-state index in [0.29, 0.717) is 12.5 Å². The quantitative estimate of drug-likeness (QED) is 0.835. The van der Waals surface area contributed by atoms with Crippen LogP contribution in [0.4, 0.5) is 0 Å². The van der Waals surface area contributed by atoms with Gasteiger partial charge in [-0.05, 0) is 63.2 Å². The van der Waals surface area contributed by atoms with Crippen molar-refractivity contribution in [2.45, 2.75) is 44.7 Å². The summed E-state index contributed by atoms with van der Waals surface area (Å²) >= 11 is 0. The average molecular weight is 317 g/mol. The fraction of sp³-hybridized carbons (Fsp3) is 0.667. The van der Waals surface area contributed by atoms with Crippen molar-refractivity contribution in [2.24, 2.45) is 5.92 Å². The van der Waals surface area contributed by atoms with Gasteiger partial charge in [-0.3, -0.25) is 9.78 Å². The lowest BCUT2D eigenvalue weighted by atomic mass is 10.1. The van der Waals surface area contributed by atoms with Crippen molar-refractivity contribution in [3.63, 3.8) is 0 Å². The zero-order valence-corrected chi connectivity index (χ0v) is 13.7. The zero-order valence-electron chi connectivity index (χ0n) is 13.7. The second-order valence-corrected chi connectivity index (χ2v) is 6.64. The van der Waals surface area contributed by atoms with Crippen LogP contribution in [-0.4, -0.2) is 48.1 Å². The third-order valence-corrected chi connectivity index (χ3v) is 4.64. The van der Waals surface area contributed by atoms with E-state index in [2.05, 4.69) is 10.3 Å². The molecule has 1 aliphatic carbocycles. The molecule has 23 heavy (non-hydrogen) atoms. The molecule has 0 spiro atoms. The maximum absolute atomic E-state index is 12.7. The van der Waals surface area contributed by atoms with E-state index in [1.807, 2.05) is 23.1 Å². The summed E-state index contributed by atoms with van der Waals surface area (Å²) in [4.78, 5) is 19.1. The smallest absolute Gasteiger partial charge is 0.249 e. The summed E-state index contributed by atoms with van der Waals surface area (Å²) in [6, 6.07) is 6.15. The Morgan fingerprint density at radius 3 is 2.96 bits per heavy atom. The Morgan fingerprint density at radius 1 is 1.26 bits per heavy atom. The lowest BCUT2D eigenvalue weighted by Gasteiger charge is -2.31. The van der Waals surface area contributed by atoms with Crippen molar-refractivity contribution < 1.29 is 9.53 Å². The van der Waals surface area contributed by atoms with Crippen molar-refractivity contribution in [3.8, 4) is 0 Å². The molecule has 3 rings (SSSR count). The molecule has 1 aliphatic heterocycles. The highest BCUT2D eigenvalue weighted by Crippen LogP contribution is 2.28. The van der Waals surface area contributed by atoms with Gasteiger partial charge >= 0.3 is 0 Å². The molecular weight excluding hydrogens is 290 g/mol. The van der Waals surface area contributed by atoms with Gasteiger partial charge in [0.1, 0.15) is 6.61 Å². The first kappa shape index (κ1) is 16.4. The van der Waals surface area contributed by atoms with Crippen LogP contribution in [0.25, 0.3) is 0 Å². The van der Waals surface area contributed by atoms with E-state index < -0.39 is 0 Å². The predicted molar refractivity (Wildman–Crippen MR) is 88.8 cm³/mol. The number of ether oxygens (including phenoxy) is 1. The summed E-state index contributed by atoms with van der Waals surface area (Å²) in [5, 5.41) is 3.42. The molecule has 126 valence electrons. The van der Waals surface area contributed by atoms with Crippen LogP contribution in [-0.2, 0) is 16.1 Å². The molecule has 0 radical (unpaired) electrons. The van der Waals surface area contributed by atoms with Crippen molar-refractivity contribution >= 4 is 5.91 Å². The molecule has 2 fully saturated rings. The van der Waals surface area contributed by atoms with Gasteiger partial charge in [-0.2, -0.15) is 0 Å². The Kier molecular flexibility index (Phi) is 6.00. The fourth-order valence-electron chi connectivity index (χ4n) is 3.08. The molecule has 5 nitrogen and oxygen atoms in total. The van der Waals surface area contributed by atoms with E-state index in [1.165, 1.54) is 12.8 Å². The van der Waals surface area contributed by atoms with Crippen LogP contribution < -0.4 is 5.32 Å². The fourth-order valence-corrected chi connectivity index (χ4v) is 3.08. The van der Waals surface area contributed by atoms with E-state index >= 15 is 0 Å². The van der Waals surface area contributed by atoms with Crippen LogP contribution >= 0.6 is 0 Å². The molecule has 1 aromatic heterocycles. The Hall–Kier alpha value is -1.46. The number of aromatic nitrogens is 1. The van der Waals surface area contributed by atoms with E-state index in [9.17, 15) is 4.79 Å². The van der Waals surface area contributed by atoms with Gasteiger partial charge in [0, 0.05) is 12.2 Å². The molecule has 2 heterocycles. The van der Waals surface area contributed by atoms with Gasteiger partial charge in [0.25, 0.3) is 0 Å². The maximum Gasteiger partial charge on any atom is 0.249 e. The second kappa shape index (κ2) is 8.41. The SMILES string of the molecule is O=C(COCC1CC1)N(Cc1ccccn1)C1CCCNCC1. The molecule has 1 unspecified atom stereocenters. The van der Waals surface area contributed by atoms with Crippen molar-refractivity contribution in [1.82, 2.24) is 15.2 Å². The van der Waals surface area contributed by atoms with E-state index in [0.717, 1.165) is 44.7 Å². The molecule has 1 saturated carbocycles. The van der Waals surface area contributed by atoms with Crippen molar-refractivity contribution in [1.29, 1.82) is 0 Å². The molecule has 1 atom stereocenters. The highest BCUT2D eigenvalue weighted by Gasteiger charge is 2.26. The first-order valence-electron chi connectivity index (χ1n) is 8.81. The summed E-state index contributed by atoms with van der Waals surface area (Å²) in [5.74, 6) is 0.789.